The lowest BCUT2D eigenvalue weighted by atomic mass is 9.89. The van der Waals surface area contributed by atoms with Gasteiger partial charge in [-0.15, -0.1) is 0 Å². The SMILES string of the molecule is O=C1[C@@](Br)(C(O)(O)C(F)(F)F)CC[C@@]1(Br)C(O)(O)C(F)(F)F. The molecule has 0 amide bonds. The number of alkyl halides is 8. The molecule has 1 aliphatic rings. The highest BCUT2D eigenvalue weighted by Gasteiger charge is 2.79. The van der Waals surface area contributed by atoms with Gasteiger partial charge in [-0.05, 0) is 12.8 Å². The third-order valence-corrected chi connectivity index (χ3v) is 6.05. The molecule has 22 heavy (non-hydrogen) atoms. The molecule has 0 saturated heterocycles. The topological polar surface area (TPSA) is 98.0 Å². The molecular weight excluding hydrogens is 462 g/mol. The number of hydrogen-bond donors (Lipinski definition) is 4. The average molecular weight is 470 g/mol. The van der Waals surface area contributed by atoms with E-state index < -0.39 is 51.2 Å². The standard InChI is InChI=1S/C9H8Br2F6O5/c10-4(6(19,20)8(12,13)14)1-2-5(11,3(4)18)7(21,22)9(15,16)17/h19-22H,1-2H2/t4-,5+. The summed E-state index contributed by atoms with van der Waals surface area (Å²) in [6, 6.07) is 0. The highest BCUT2D eigenvalue weighted by atomic mass is 79.9. The first-order valence-electron chi connectivity index (χ1n) is 5.32. The molecule has 0 spiro atoms. The van der Waals surface area contributed by atoms with Crippen LogP contribution in [0.25, 0.3) is 0 Å². The smallest absolute Gasteiger partial charge is 0.357 e. The molecular formula is C9H8Br2F6O5. The van der Waals surface area contributed by atoms with Gasteiger partial charge in [-0.1, -0.05) is 31.9 Å². The van der Waals surface area contributed by atoms with E-state index in [2.05, 4.69) is 31.9 Å². The van der Waals surface area contributed by atoms with E-state index in [9.17, 15) is 51.6 Å². The lowest BCUT2D eigenvalue weighted by Gasteiger charge is -2.40. The third kappa shape index (κ3) is 2.40. The molecule has 1 aliphatic carbocycles. The molecule has 0 radical (unpaired) electrons. The minimum absolute atomic E-state index is 1.16. The molecule has 0 aromatic rings. The molecule has 5 nitrogen and oxygen atoms in total. The molecule has 13 heteroatoms. The van der Waals surface area contributed by atoms with Crippen LogP contribution in [0.15, 0.2) is 0 Å². The zero-order valence-electron chi connectivity index (χ0n) is 10.1. The number of Topliss-reactive ketones (excluding diaryl/α,β-unsaturated/α-hetero) is 1. The van der Waals surface area contributed by atoms with Crippen molar-refractivity contribution >= 4 is 37.6 Å². The molecule has 0 heterocycles. The number of halogens is 8. The Hall–Kier alpha value is 0.0500. The van der Waals surface area contributed by atoms with E-state index in [0.717, 1.165) is 0 Å². The van der Waals surface area contributed by atoms with Crippen LogP contribution in [-0.2, 0) is 4.79 Å². The lowest BCUT2D eigenvalue weighted by Crippen LogP contribution is -2.68. The van der Waals surface area contributed by atoms with Crippen LogP contribution in [0, 0.1) is 0 Å². The number of aliphatic hydroxyl groups is 4. The Kier molecular flexibility index (Phi) is 4.59. The van der Waals surface area contributed by atoms with Gasteiger partial charge in [-0.25, -0.2) is 0 Å². The van der Waals surface area contributed by atoms with Crippen molar-refractivity contribution in [3.8, 4) is 0 Å². The molecule has 2 atom stereocenters. The summed E-state index contributed by atoms with van der Waals surface area (Å²) in [5.74, 6) is -11.6. The molecule has 0 aromatic carbocycles. The summed E-state index contributed by atoms with van der Waals surface area (Å²) in [6.07, 6.45) is -13.9. The molecule has 1 fully saturated rings. The molecule has 0 unspecified atom stereocenters. The van der Waals surface area contributed by atoms with E-state index in [0.29, 0.717) is 0 Å². The van der Waals surface area contributed by atoms with Crippen molar-refractivity contribution in [3.05, 3.63) is 0 Å². The molecule has 1 rings (SSSR count). The first-order chi connectivity index (χ1) is 9.36. The summed E-state index contributed by atoms with van der Waals surface area (Å²) in [7, 11) is 0. The molecule has 1 saturated carbocycles. The first-order valence-corrected chi connectivity index (χ1v) is 6.90. The maximum atomic E-state index is 12.6. The minimum Gasteiger partial charge on any atom is -0.357 e. The summed E-state index contributed by atoms with van der Waals surface area (Å²) in [5.41, 5.74) is 0. The molecule has 4 N–H and O–H groups in total. The largest absolute Gasteiger partial charge is 0.444 e. The Morgan fingerprint density at radius 3 is 1.18 bits per heavy atom. The Labute approximate surface area is 135 Å². The number of rotatable bonds is 2. The van der Waals surface area contributed by atoms with Crippen LogP contribution in [0.4, 0.5) is 26.3 Å². The second-order valence-corrected chi connectivity index (χ2v) is 7.48. The zero-order chi connectivity index (χ0) is 18.0. The zero-order valence-corrected chi connectivity index (χ0v) is 13.3. The molecule has 0 bridgehead atoms. The number of ketones is 1. The van der Waals surface area contributed by atoms with Gasteiger partial charge in [0, 0.05) is 0 Å². The van der Waals surface area contributed by atoms with E-state index in [4.69, 9.17) is 0 Å². The minimum atomic E-state index is -5.80. The van der Waals surface area contributed by atoms with Crippen molar-refractivity contribution in [1.82, 2.24) is 0 Å². The number of carbonyl (C=O) groups excluding carboxylic acids is 1. The van der Waals surface area contributed by atoms with E-state index in [-0.39, 0.29) is 0 Å². The Morgan fingerprint density at radius 2 is 1.00 bits per heavy atom. The lowest BCUT2D eigenvalue weighted by molar-refractivity contribution is -0.360. The molecule has 0 aliphatic heterocycles. The third-order valence-electron chi connectivity index (χ3n) is 3.43. The van der Waals surface area contributed by atoms with Crippen LogP contribution in [-0.4, -0.2) is 58.8 Å². The second kappa shape index (κ2) is 5.02. The monoisotopic (exact) mass is 468 g/mol. The summed E-state index contributed by atoms with van der Waals surface area (Å²) in [4.78, 5) is 12.0. The highest BCUT2D eigenvalue weighted by Crippen LogP contribution is 2.58. The maximum absolute atomic E-state index is 12.6. The fourth-order valence-corrected chi connectivity index (χ4v) is 3.79. The summed E-state index contributed by atoms with van der Waals surface area (Å²) in [5, 5.41) is 36.7. The number of hydrogen-bond acceptors (Lipinski definition) is 5. The fourth-order valence-electron chi connectivity index (χ4n) is 2.00. The molecule has 0 aromatic heterocycles. The Morgan fingerprint density at radius 1 is 0.773 bits per heavy atom. The fraction of sp³-hybridized carbons (Fsp3) is 0.889. The van der Waals surface area contributed by atoms with Crippen molar-refractivity contribution in [2.75, 3.05) is 0 Å². The van der Waals surface area contributed by atoms with Gasteiger partial charge in [0.1, 0.15) is 8.65 Å². The van der Waals surface area contributed by atoms with Crippen molar-refractivity contribution < 1.29 is 51.6 Å². The normalized spacial score (nSPS) is 31.7. The Balaban J connectivity index is 3.41. The van der Waals surface area contributed by atoms with Gasteiger partial charge in [0.15, 0.2) is 5.78 Å². The van der Waals surface area contributed by atoms with Crippen LogP contribution in [0.5, 0.6) is 0 Å². The average Bonchev–Trinajstić information content (AvgIpc) is 2.54. The quantitative estimate of drug-likeness (QED) is 0.276. The van der Waals surface area contributed by atoms with Crippen LogP contribution < -0.4 is 0 Å². The predicted octanol–water partition coefficient (Wildman–Crippen LogP) is 1.10. The van der Waals surface area contributed by atoms with Gasteiger partial charge < -0.3 is 20.4 Å². The van der Waals surface area contributed by atoms with E-state index in [1.807, 2.05) is 0 Å². The Bertz CT molecular complexity index is 448. The van der Waals surface area contributed by atoms with Crippen LogP contribution >= 0.6 is 31.9 Å². The van der Waals surface area contributed by atoms with E-state index in [1.165, 1.54) is 0 Å². The van der Waals surface area contributed by atoms with E-state index in [1.54, 1.807) is 0 Å². The van der Waals surface area contributed by atoms with Crippen molar-refractivity contribution in [1.29, 1.82) is 0 Å². The van der Waals surface area contributed by atoms with Gasteiger partial charge in [0.25, 0.3) is 11.6 Å². The van der Waals surface area contributed by atoms with E-state index >= 15 is 0 Å². The van der Waals surface area contributed by atoms with Gasteiger partial charge in [-0.2, -0.15) is 26.3 Å². The highest BCUT2D eigenvalue weighted by molar-refractivity contribution is 9.11. The van der Waals surface area contributed by atoms with Gasteiger partial charge in [0.05, 0.1) is 0 Å². The number of carbonyl (C=O) groups is 1. The summed E-state index contributed by atoms with van der Waals surface area (Å²) in [6.45, 7) is 0. The maximum Gasteiger partial charge on any atom is 0.444 e. The van der Waals surface area contributed by atoms with Crippen LogP contribution in [0.1, 0.15) is 12.8 Å². The summed E-state index contributed by atoms with van der Waals surface area (Å²) < 4.78 is 69.2. The van der Waals surface area contributed by atoms with Crippen LogP contribution in [0.2, 0.25) is 0 Å². The second-order valence-electron chi connectivity index (χ2n) is 4.77. The summed E-state index contributed by atoms with van der Waals surface area (Å²) >= 11 is 4.23. The van der Waals surface area contributed by atoms with Crippen LogP contribution in [0.3, 0.4) is 0 Å². The van der Waals surface area contributed by atoms with Gasteiger partial charge >= 0.3 is 12.4 Å². The predicted molar refractivity (Wildman–Crippen MR) is 64.0 cm³/mol. The van der Waals surface area contributed by atoms with Gasteiger partial charge in [-0.3, -0.25) is 4.79 Å². The van der Waals surface area contributed by atoms with Crippen molar-refractivity contribution in [2.24, 2.45) is 0 Å². The molecule has 130 valence electrons. The first kappa shape index (κ1) is 20.1. The van der Waals surface area contributed by atoms with Crippen molar-refractivity contribution in [2.45, 2.75) is 45.4 Å². The van der Waals surface area contributed by atoms with Gasteiger partial charge in [0.2, 0.25) is 0 Å². The van der Waals surface area contributed by atoms with Crippen molar-refractivity contribution in [3.63, 3.8) is 0 Å².